The first-order chi connectivity index (χ1) is 15.6. The number of cyclic esters (lactones) is 1. The predicted octanol–water partition coefficient (Wildman–Crippen LogP) is 4.31. The van der Waals surface area contributed by atoms with E-state index < -0.39 is 12.0 Å². The molecule has 1 N–H and O–H groups in total. The minimum atomic E-state index is -0.699. The van der Waals surface area contributed by atoms with Gasteiger partial charge >= 0.3 is 5.97 Å². The Kier molecular flexibility index (Phi) is 5.53. The Labute approximate surface area is 190 Å². The molecule has 1 saturated heterocycles. The van der Waals surface area contributed by atoms with Crippen molar-refractivity contribution in [1.29, 1.82) is 0 Å². The van der Waals surface area contributed by atoms with Gasteiger partial charge in [0.15, 0.2) is 11.5 Å². The summed E-state index contributed by atoms with van der Waals surface area (Å²) in [5.41, 5.74) is 2.84. The molecule has 0 amide bonds. The maximum Gasteiger partial charge on any atom is 0.310 e. The lowest BCUT2D eigenvalue weighted by Crippen LogP contribution is -2.33. The maximum absolute atomic E-state index is 12.7. The van der Waals surface area contributed by atoms with Gasteiger partial charge in [-0.25, -0.2) is 0 Å². The van der Waals surface area contributed by atoms with Crippen molar-refractivity contribution < 1.29 is 28.8 Å². The number of hydrogen-bond donors (Lipinski definition) is 1. The van der Waals surface area contributed by atoms with E-state index >= 15 is 0 Å². The third-order valence-corrected chi connectivity index (χ3v) is 7.32. The van der Waals surface area contributed by atoms with Gasteiger partial charge in [0.05, 0.1) is 32.8 Å². The molecule has 2 aromatic carbocycles. The molecular weight excluding hydrogens is 428 g/mol. The summed E-state index contributed by atoms with van der Waals surface area (Å²) >= 11 is 1.51. The predicted molar refractivity (Wildman–Crippen MR) is 119 cm³/mol. The van der Waals surface area contributed by atoms with E-state index in [1.54, 1.807) is 14.2 Å². The largest absolute Gasteiger partial charge is 0.493 e. The highest BCUT2D eigenvalue weighted by atomic mass is 32.1. The number of fused-ring (bicyclic) bond motifs is 2. The zero-order chi connectivity index (χ0) is 22.2. The Morgan fingerprint density at radius 2 is 1.81 bits per heavy atom. The van der Waals surface area contributed by atoms with E-state index in [9.17, 15) is 9.90 Å². The van der Waals surface area contributed by atoms with Crippen molar-refractivity contribution in [2.45, 2.75) is 18.6 Å². The number of carbonyl (C=O) groups is 1. The standard InChI is InChI=1S/C25H24O6S/c1-28-18-10-15(11-19(29-2)23(18)30-12-14-6-4-3-5-7-14)20-16-8-9-32-24(16)22(26)17-13-31-25(27)21(17)20/h3-11,17,20-22,26H,12-13H2,1-2H3/t17-,20+,21+,22+/m0/s1. The molecule has 1 fully saturated rings. The van der Waals surface area contributed by atoms with Crippen molar-refractivity contribution in [2.75, 3.05) is 20.8 Å². The zero-order valence-corrected chi connectivity index (χ0v) is 18.6. The number of aliphatic hydroxyl groups is 1. The summed E-state index contributed by atoms with van der Waals surface area (Å²) in [6.07, 6.45) is -0.699. The number of hydrogen-bond acceptors (Lipinski definition) is 7. The van der Waals surface area contributed by atoms with E-state index in [1.165, 1.54) is 11.3 Å². The van der Waals surface area contributed by atoms with Crippen molar-refractivity contribution in [3.63, 3.8) is 0 Å². The van der Waals surface area contributed by atoms with Crippen LogP contribution >= 0.6 is 11.3 Å². The SMILES string of the molecule is COc1cc([C@@H]2c3ccsc3[C@H](O)[C@H]3COC(=O)[C@@H]23)cc(OC)c1OCc1ccccc1. The van der Waals surface area contributed by atoms with Gasteiger partial charge in [-0.1, -0.05) is 30.3 Å². The molecule has 1 aliphatic heterocycles. The molecule has 5 rings (SSSR count). The van der Waals surface area contributed by atoms with Crippen LogP contribution in [0.4, 0.5) is 0 Å². The number of aliphatic hydroxyl groups excluding tert-OH is 1. The smallest absolute Gasteiger partial charge is 0.310 e. The molecule has 2 heterocycles. The van der Waals surface area contributed by atoms with Gasteiger partial charge in [-0.2, -0.15) is 0 Å². The minimum Gasteiger partial charge on any atom is -0.493 e. The Balaban J connectivity index is 1.56. The first kappa shape index (κ1) is 20.8. The number of carbonyl (C=O) groups excluding carboxylic acids is 1. The quantitative estimate of drug-likeness (QED) is 0.562. The fourth-order valence-electron chi connectivity index (χ4n) is 4.78. The van der Waals surface area contributed by atoms with Crippen LogP contribution in [0.5, 0.6) is 17.2 Å². The van der Waals surface area contributed by atoms with Gasteiger partial charge in [-0.3, -0.25) is 4.79 Å². The molecule has 0 unspecified atom stereocenters. The van der Waals surface area contributed by atoms with Crippen LogP contribution in [0.15, 0.2) is 53.9 Å². The first-order valence-electron chi connectivity index (χ1n) is 10.5. The second-order valence-corrected chi connectivity index (χ2v) is 8.96. The van der Waals surface area contributed by atoms with Crippen LogP contribution in [-0.4, -0.2) is 31.9 Å². The molecule has 1 aromatic heterocycles. The maximum atomic E-state index is 12.7. The van der Waals surface area contributed by atoms with E-state index in [-0.39, 0.29) is 24.4 Å². The van der Waals surface area contributed by atoms with Gasteiger partial charge in [-0.05, 0) is 40.3 Å². The van der Waals surface area contributed by atoms with Gasteiger partial charge in [0.25, 0.3) is 0 Å². The third kappa shape index (κ3) is 3.42. The second kappa shape index (κ2) is 8.48. The number of ether oxygens (including phenoxy) is 4. The number of methoxy groups -OCH3 is 2. The molecule has 166 valence electrons. The Hall–Kier alpha value is -3.03. The van der Waals surface area contributed by atoms with Crippen molar-refractivity contribution in [3.8, 4) is 17.2 Å². The van der Waals surface area contributed by atoms with Gasteiger partial charge < -0.3 is 24.1 Å². The fraction of sp³-hybridized carbons (Fsp3) is 0.320. The Morgan fingerprint density at radius 3 is 2.50 bits per heavy atom. The highest BCUT2D eigenvalue weighted by Crippen LogP contribution is 2.54. The summed E-state index contributed by atoms with van der Waals surface area (Å²) in [7, 11) is 3.17. The normalized spacial score (nSPS) is 23.8. The molecule has 32 heavy (non-hydrogen) atoms. The van der Waals surface area contributed by atoms with Crippen molar-refractivity contribution in [1.82, 2.24) is 0 Å². The van der Waals surface area contributed by atoms with Crippen LogP contribution in [0.3, 0.4) is 0 Å². The van der Waals surface area contributed by atoms with Crippen molar-refractivity contribution in [2.24, 2.45) is 11.8 Å². The van der Waals surface area contributed by atoms with Crippen LogP contribution < -0.4 is 14.2 Å². The van der Waals surface area contributed by atoms with E-state index in [1.807, 2.05) is 53.9 Å². The summed E-state index contributed by atoms with van der Waals surface area (Å²) in [5.74, 6) is 0.294. The molecule has 0 spiro atoms. The number of esters is 1. The highest BCUT2D eigenvalue weighted by Gasteiger charge is 2.52. The van der Waals surface area contributed by atoms with Crippen molar-refractivity contribution >= 4 is 17.3 Å². The zero-order valence-electron chi connectivity index (χ0n) is 17.8. The van der Waals surface area contributed by atoms with Gasteiger partial charge in [0.1, 0.15) is 6.61 Å². The summed E-state index contributed by atoms with van der Waals surface area (Å²) in [6.45, 7) is 0.597. The average molecular weight is 453 g/mol. The lowest BCUT2D eigenvalue weighted by Gasteiger charge is -2.34. The van der Waals surface area contributed by atoms with Crippen LogP contribution in [0.2, 0.25) is 0 Å². The average Bonchev–Trinajstić information content (AvgIpc) is 3.46. The lowest BCUT2D eigenvalue weighted by molar-refractivity contribution is -0.141. The molecule has 6 nitrogen and oxygen atoms in total. The molecular formula is C25H24O6S. The second-order valence-electron chi connectivity index (χ2n) is 8.01. The van der Waals surface area contributed by atoms with Crippen molar-refractivity contribution in [3.05, 3.63) is 75.5 Å². The minimum absolute atomic E-state index is 0.227. The molecule has 7 heteroatoms. The van der Waals surface area contributed by atoms with Gasteiger partial charge in [-0.15, -0.1) is 11.3 Å². The number of rotatable bonds is 6. The van der Waals surface area contributed by atoms with Crippen LogP contribution in [0.25, 0.3) is 0 Å². The lowest BCUT2D eigenvalue weighted by atomic mass is 9.69. The van der Waals surface area contributed by atoms with Crippen LogP contribution in [0.1, 0.15) is 33.6 Å². The summed E-state index contributed by atoms with van der Waals surface area (Å²) < 4.78 is 22.8. The molecule has 0 saturated carbocycles. The topological polar surface area (TPSA) is 74.2 Å². The van der Waals surface area contributed by atoms with Crippen LogP contribution in [0, 0.1) is 11.8 Å². The summed E-state index contributed by atoms with van der Waals surface area (Å²) in [5, 5.41) is 12.8. The Bertz CT molecular complexity index is 1100. The number of benzene rings is 2. The van der Waals surface area contributed by atoms with Gasteiger partial charge in [0, 0.05) is 16.7 Å². The summed E-state index contributed by atoms with van der Waals surface area (Å²) in [4.78, 5) is 13.6. The fourth-order valence-corrected chi connectivity index (χ4v) is 5.79. The molecule has 4 atom stereocenters. The molecule has 1 aliphatic carbocycles. The molecule has 2 aliphatic rings. The molecule has 0 radical (unpaired) electrons. The number of thiophene rings is 1. The first-order valence-corrected chi connectivity index (χ1v) is 11.3. The third-order valence-electron chi connectivity index (χ3n) is 6.32. The highest BCUT2D eigenvalue weighted by molar-refractivity contribution is 7.10. The van der Waals surface area contributed by atoms with E-state index in [0.717, 1.165) is 21.6 Å². The monoisotopic (exact) mass is 452 g/mol. The van der Waals surface area contributed by atoms with E-state index in [2.05, 4.69) is 0 Å². The Morgan fingerprint density at radius 1 is 1.09 bits per heavy atom. The van der Waals surface area contributed by atoms with Crippen LogP contribution in [-0.2, 0) is 16.1 Å². The van der Waals surface area contributed by atoms with E-state index in [4.69, 9.17) is 18.9 Å². The summed E-state index contributed by atoms with van der Waals surface area (Å²) in [6, 6.07) is 15.6. The molecule has 0 bridgehead atoms. The van der Waals surface area contributed by atoms with Gasteiger partial charge in [0.2, 0.25) is 5.75 Å². The molecule has 3 aromatic rings. The van der Waals surface area contributed by atoms with E-state index in [0.29, 0.717) is 23.9 Å².